The minimum absolute atomic E-state index is 0.0269. The molecule has 145 heavy (non-hydrogen) atoms. The molecule has 3 saturated heterocycles. The number of fused-ring (bicyclic) bond motifs is 3. The van der Waals surface area contributed by atoms with Gasteiger partial charge in [0.1, 0.15) is 41.9 Å². The van der Waals surface area contributed by atoms with E-state index >= 15 is 0 Å². The van der Waals surface area contributed by atoms with Gasteiger partial charge < -0.3 is 78.9 Å². The third kappa shape index (κ3) is 27.9. The van der Waals surface area contributed by atoms with E-state index < -0.39 is 183 Å². The molecule has 34 nitrogen and oxygen atoms in total. The second-order valence-electron chi connectivity index (χ2n) is 46.8. The maximum Gasteiger partial charge on any atom is 0.316 e. The van der Waals surface area contributed by atoms with Gasteiger partial charge in [-0.25, -0.2) is 14.4 Å². The van der Waals surface area contributed by atoms with Crippen LogP contribution in [0.2, 0.25) is 0 Å². The zero-order chi connectivity index (χ0) is 107. The minimum Gasteiger partial charge on any atom is -0.363 e. The van der Waals surface area contributed by atoms with E-state index in [1.807, 2.05) is 137 Å². The first-order chi connectivity index (χ1) is 68.0. The van der Waals surface area contributed by atoms with E-state index in [4.69, 9.17) is 18.6 Å². The summed E-state index contributed by atoms with van der Waals surface area (Å²) in [6.45, 7) is 42.3. The van der Waals surface area contributed by atoms with Gasteiger partial charge in [-0.05, 0) is 148 Å². The van der Waals surface area contributed by atoms with E-state index in [0.717, 1.165) is 77.0 Å². The number of nitrogens with one attached hydrogen (secondary N) is 11. The van der Waals surface area contributed by atoms with Crippen molar-refractivity contribution in [2.75, 3.05) is 32.7 Å². The van der Waals surface area contributed by atoms with Crippen molar-refractivity contribution in [3.63, 3.8) is 0 Å². The minimum atomic E-state index is -1.18. The molecular formula is C111H154N16O18. The fraction of sp³-hybridized carbons (Fsp3) is 0.613. The predicted molar refractivity (Wildman–Crippen MR) is 547 cm³/mol. The van der Waals surface area contributed by atoms with Gasteiger partial charge in [0.05, 0.1) is 36.3 Å². The predicted octanol–water partition coefficient (Wildman–Crippen LogP) is 9.78. The maximum absolute atomic E-state index is 14.5. The number of urea groups is 3. The Kier molecular flexibility index (Phi) is 37.5. The van der Waals surface area contributed by atoms with Crippen LogP contribution in [-0.2, 0) is 57.5 Å². The summed E-state index contributed by atoms with van der Waals surface area (Å²) in [6.07, 6.45) is 27.1. The number of benzene rings is 2. The molecule has 0 bridgehead atoms. The number of hydrogen-bond donors (Lipinski definition) is 12. The first-order valence-electron chi connectivity index (χ1n) is 51.2. The van der Waals surface area contributed by atoms with E-state index in [0.29, 0.717) is 30.6 Å². The summed E-state index contributed by atoms with van der Waals surface area (Å²) >= 11 is 0. The monoisotopic (exact) mass is 2000 g/mol. The first kappa shape index (κ1) is 114. The van der Waals surface area contributed by atoms with Gasteiger partial charge in [0.25, 0.3) is 17.7 Å². The molecule has 13 N–H and O–H groups in total. The third-order valence-electron chi connectivity index (χ3n) is 31.1. The molecule has 18 atom stereocenters. The average molecular weight is 2000 g/mol. The average Bonchev–Trinajstić information content (AvgIpc) is 1.53. The number of Topliss-reactive ketones (excluding diaryl/α,β-unsaturated/α-hetero) is 6. The van der Waals surface area contributed by atoms with Gasteiger partial charge in [-0.1, -0.05) is 255 Å². The quantitative estimate of drug-likeness (QED) is 0.0109. The molecule has 1 aromatic heterocycles. The number of nitrogens with two attached hydrogens (primary N) is 1. The molecule has 34 heteroatoms. The van der Waals surface area contributed by atoms with Crippen molar-refractivity contribution in [3.05, 3.63) is 127 Å². The molecule has 15 amide bonds. The van der Waals surface area contributed by atoms with E-state index in [-0.39, 0.29) is 138 Å². The molecule has 9 aliphatic rings. The van der Waals surface area contributed by atoms with Crippen molar-refractivity contribution in [1.82, 2.24) is 78.2 Å². The fourth-order valence-corrected chi connectivity index (χ4v) is 22.1. The number of carbonyl (C=O) groups excluding carboxylic acids is 18. The molecule has 786 valence electrons. The molecule has 0 radical (unpaired) electrons. The van der Waals surface area contributed by atoms with Gasteiger partial charge >= 0.3 is 18.1 Å². The van der Waals surface area contributed by atoms with Crippen LogP contribution in [0, 0.1) is 116 Å². The third-order valence-corrected chi connectivity index (χ3v) is 31.1. The lowest BCUT2D eigenvalue weighted by Gasteiger charge is -2.38. The summed E-state index contributed by atoms with van der Waals surface area (Å²) < 4.78 is 0. The van der Waals surface area contributed by atoms with Gasteiger partial charge in [0.2, 0.25) is 58.6 Å². The van der Waals surface area contributed by atoms with E-state index in [9.17, 15) is 86.3 Å². The summed E-state index contributed by atoms with van der Waals surface area (Å²) in [7, 11) is 0. The molecule has 4 heterocycles. The van der Waals surface area contributed by atoms with Gasteiger partial charge in [-0.3, -0.25) is 76.9 Å². The molecule has 3 unspecified atom stereocenters. The lowest BCUT2D eigenvalue weighted by Crippen LogP contribution is -2.62. The van der Waals surface area contributed by atoms with Crippen LogP contribution in [0.3, 0.4) is 0 Å². The van der Waals surface area contributed by atoms with Crippen molar-refractivity contribution < 1.29 is 86.3 Å². The normalized spacial score (nSPS) is 23.2. The van der Waals surface area contributed by atoms with E-state index in [1.165, 1.54) is 26.9 Å². The Balaban J connectivity index is 0.000000223. The van der Waals surface area contributed by atoms with Crippen LogP contribution in [0.4, 0.5) is 14.4 Å². The van der Waals surface area contributed by atoms with Crippen molar-refractivity contribution in [1.29, 1.82) is 0 Å². The van der Waals surface area contributed by atoms with Crippen LogP contribution in [0.5, 0.6) is 0 Å². The lowest BCUT2D eigenvalue weighted by atomic mass is 9.81. The number of likely N-dealkylation sites (tertiary alicyclic amines) is 3. The fourth-order valence-electron chi connectivity index (χ4n) is 22.1. The van der Waals surface area contributed by atoms with Crippen molar-refractivity contribution in [3.8, 4) is 24.7 Å². The Bertz CT molecular complexity index is 5180. The molecule has 3 aliphatic heterocycles. The Labute approximate surface area is 853 Å². The standard InChI is InChI=1S/C39H53N5O6.C38H52N6O6.C34H49N5O6/c1-8-10-21-27(32(46)35(48)40-22-9-2)41-34(47)30-28-26(39(28,6)7)23-44(30)36(49)33(38(3,4)5)43-37(50)42-29(24-17-13-11-14-18-24)31(45)25-19-15-12-16-20-25;1-8-10-18-26(31(46)34(48)40-20-9-2)41-33(47)29-27-24(38(27,6)7)22-44(29)35(49)32(37(3,4)5)43-36(50)42-28(23-16-12-11-13-17-23)30(45)25-19-14-15-21-39-25;1-32(2,3)26(24(40)19-12-10-9-11-13-19)37-31(45)38-27(33(4,5)6)30(44)39-17-20-22(34(20,7)8)23(39)29(43)36-21(16-18-14-15-18)25(41)28(35)42/h1,9,12,15-16,19-20,24,26-30,33H,2,10-11,13-14,17-18,21-23H2,3-7H3,(H,40,48)(H,41,47)(H2,42,43,50);1,9,14-15,19,21,23-24,26-29,32H,2,10-13,16-18,20,22H2,3-7H3,(H,40,48)(H,41,47)(H2,42,43,50);9-13,18,20-23,26-27H,14-17H2,1-8H3,(H2,35,42)(H,36,43)(H2,37,38,45)/t26-,27?,28-,29-,30-,33+;24-,26?,27-,28-,29-,32+;20-,21?,22-,23-,26+,27+/m000/s1. The molecule has 6 saturated carbocycles. The maximum atomic E-state index is 14.5. The number of aromatic nitrogens is 1. The summed E-state index contributed by atoms with van der Waals surface area (Å²) in [6, 6.07) is 9.00. The molecule has 6 aliphatic carbocycles. The van der Waals surface area contributed by atoms with Crippen LogP contribution < -0.4 is 64.2 Å². The number of piperidine rings is 3. The van der Waals surface area contributed by atoms with Gasteiger partial charge in [-0.15, -0.1) is 37.8 Å². The smallest absolute Gasteiger partial charge is 0.316 e. The van der Waals surface area contributed by atoms with Gasteiger partial charge in [-0.2, -0.15) is 0 Å². The zero-order valence-electron chi connectivity index (χ0n) is 87.7. The number of nitrogens with zero attached hydrogens (tertiary/aromatic N) is 4. The van der Waals surface area contributed by atoms with Crippen LogP contribution in [0.1, 0.15) is 265 Å². The molecular weight excluding hydrogens is 1850 g/mol. The number of pyridine rings is 1. The highest BCUT2D eigenvalue weighted by atomic mass is 16.2. The van der Waals surface area contributed by atoms with E-state index in [2.05, 4.69) is 88.5 Å². The van der Waals surface area contributed by atoms with Crippen LogP contribution in [-0.4, -0.2) is 231 Å². The van der Waals surface area contributed by atoms with Crippen LogP contribution >= 0.6 is 0 Å². The number of ketones is 6. The molecule has 12 rings (SSSR count). The number of terminal acetylenes is 2. The molecule has 3 aromatic rings. The SMILES string of the molecule is C#CCCC(NC(=O)[C@@H]1[C@@H]2[C@H](CN1C(=O)[C@@H](NC(=O)N[C@H](C(=O)c1ccccc1)C1CCCCC1)C(C)(C)C)C2(C)C)C(=O)C(=O)NCC=C.C#CCCC(NC(=O)[C@@H]1[C@@H]2[C@H](CN1C(=O)[C@@H](NC(=O)N[C@H](C(=O)c1ccccn1)C1CCCCC1)C(C)(C)C)C2(C)C)C(=O)C(=O)NCC=C.CC(C)(C)[C@H](NC(=O)N[C@H](C(=O)N1C[C@H]2[C@@H]([C@H]1C(=O)NC(CC1CC1)C(=O)C(N)=O)C2(C)C)C(C)(C)C)C(=O)c1ccccc1. The topological polar surface area (TPSA) is 488 Å². The Morgan fingerprint density at radius 1 is 0.414 bits per heavy atom. The summed E-state index contributed by atoms with van der Waals surface area (Å²) in [5.41, 5.74) is 2.93. The van der Waals surface area contributed by atoms with Gasteiger partial charge in [0.15, 0.2) is 11.6 Å². The Morgan fingerprint density at radius 2 is 0.738 bits per heavy atom. The highest BCUT2D eigenvalue weighted by molar-refractivity contribution is 6.39. The highest BCUT2D eigenvalue weighted by Crippen LogP contribution is 2.67. The summed E-state index contributed by atoms with van der Waals surface area (Å²) in [5.74, 6) is -4.32. The molecule has 0 spiro atoms. The van der Waals surface area contributed by atoms with Crippen molar-refractivity contribution in [2.24, 2.45) is 96.9 Å². The van der Waals surface area contributed by atoms with Crippen molar-refractivity contribution >= 4 is 106 Å². The molecule has 9 fully saturated rings. The largest absolute Gasteiger partial charge is 0.363 e. The van der Waals surface area contributed by atoms with Crippen LogP contribution in [0.25, 0.3) is 0 Å². The Hall–Kier alpha value is -12.8. The first-order valence-corrected chi connectivity index (χ1v) is 51.2. The van der Waals surface area contributed by atoms with Crippen molar-refractivity contribution in [2.45, 2.75) is 306 Å². The number of rotatable bonds is 39. The lowest BCUT2D eigenvalue weighted by molar-refractivity contribution is -0.145. The van der Waals surface area contributed by atoms with E-state index in [1.54, 1.807) is 72.9 Å². The van der Waals surface area contributed by atoms with Gasteiger partial charge in [0, 0.05) is 62.9 Å². The second-order valence-corrected chi connectivity index (χ2v) is 46.8. The summed E-state index contributed by atoms with van der Waals surface area (Å²) in [5, 5.41) is 30.3. The number of carbonyl (C=O) groups is 18. The molecule has 2 aromatic carbocycles. The highest BCUT2D eigenvalue weighted by Gasteiger charge is 2.73. The number of amides is 15. The van der Waals surface area contributed by atoms with Crippen LogP contribution in [0.15, 0.2) is 110 Å². The number of hydrogen-bond acceptors (Lipinski definition) is 19. The zero-order valence-corrected chi connectivity index (χ0v) is 87.7. The number of primary amides is 1. The summed E-state index contributed by atoms with van der Waals surface area (Å²) in [4.78, 5) is 251. The Morgan fingerprint density at radius 3 is 1.06 bits per heavy atom. The second kappa shape index (κ2) is 47.6.